The number of aromatic nitrogens is 4. The molecule has 0 aliphatic carbocycles. The second-order valence-electron chi connectivity index (χ2n) is 7.72. The molecule has 2 atom stereocenters. The lowest BCUT2D eigenvalue weighted by Crippen LogP contribution is -2.31. The van der Waals surface area contributed by atoms with E-state index in [0.29, 0.717) is 11.3 Å². The first-order valence-electron chi connectivity index (χ1n) is 10.5. The number of nitrogens with zero attached hydrogens (tertiary/aromatic N) is 4. The number of hydrogen-bond acceptors (Lipinski definition) is 6. The standard InChI is InChI=1S/C25H26N4O4/c1-16-14-28(15-26-16)20-11-10-19(12-21(20)32-3)24(30)23-22(33-4)13-27-29(25(23)31)17(2)18-8-6-5-7-9-18/h5-15,17,24,30H,1-4H3. The molecule has 0 spiro atoms. The molecule has 0 radical (unpaired) electrons. The molecule has 1 N–H and O–H groups in total. The molecule has 4 aromatic rings. The number of aliphatic hydroxyl groups is 1. The number of methoxy groups -OCH3 is 2. The number of aryl methyl sites for hydroxylation is 1. The van der Waals surface area contributed by atoms with Crippen LogP contribution in [-0.4, -0.2) is 38.7 Å². The summed E-state index contributed by atoms with van der Waals surface area (Å²) in [6, 6.07) is 14.5. The molecule has 2 heterocycles. The van der Waals surface area contributed by atoms with E-state index in [0.717, 1.165) is 16.9 Å². The van der Waals surface area contributed by atoms with Gasteiger partial charge in [0.1, 0.15) is 11.9 Å². The summed E-state index contributed by atoms with van der Waals surface area (Å²) < 4.78 is 14.1. The quantitative estimate of drug-likeness (QED) is 0.468. The van der Waals surface area contributed by atoms with E-state index in [2.05, 4.69) is 10.1 Å². The Morgan fingerprint density at radius 3 is 2.36 bits per heavy atom. The highest BCUT2D eigenvalue weighted by Gasteiger charge is 2.25. The highest BCUT2D eigenvalue weighted by molar-refractivity contribution is 5.51. The van der Waals surface area contributed by atoms with E-state index in [9.17, 15) is 9.90 Å². The molecule has 2 aromatic heterocycles. The Bertz CT molecular complexity index is 1310. The van der Waals surface area contributed by atoms with Crippen molar-refractivity contribution in [3.63, 3.8) is 0 Å². The molecule has 33 heavy (non-hydrogen) atoms. The van der Waals surface area contributed by atoms with Crippen molar-refractivity contribution in [2.45, 2.75) is 26.0 Å². The van der Waals surface area contributed by atoms with Crippen molar-refractivity contribution in [3.8, 4) is 17.2 Å². The second kappa shape index (κ2) is 9.30. The molecule has 2 aromatic carbocycles. The highest BCUT2D eigenvalue weighted by Crippen LogP contribution is 2.32. The maximum absolute atomic E-state index is 13.4. The highest BCUT2D eigenvalue weighted by atomic mass is 16.5. The molecular weight excluding hydrogens is 420 g/mol. The smallest absolute Gasteiger partial charge is 0.277 e. The Morgan fingerprint density at radius 1 is 1.00 bits per heavy atom. The molecule has 0 aliphatic rings. The normalized spacial score (nSPS) is 12.9. The van der Waals surface area contributed by atoms with E-state index < -0.39 is 11.7 Å². The van der Waals surface area contributed by atoms with Gasteiger partial charge in [-0.2, -0.15) is 5.10 Å². The zero-order valence-corrected chi connectivity index (χ0v) is 19.0. The van der Waals surface area contributed by atoms with Crippen LogP contribution in [0.3, 0.4) is 0 Å². The van der Waals surface area contributed by atoms with Crippen molar-refractivity contribution < 1.29 is 14.6 Å². The molecule has 0 aliphatic heterocycles. The Kier molecular flexibility index (Phi) is 6.28. The minimum Gasteiger partial charge on any atom is -0.495 e. The van der Waals surface area contributed by atoms with E-state index >= 15 is 0 Å². The number of imidazole rings is 1. The van der Waals surface area contributed by atoms with E-state index in [-0.39, 0.29) is 17.4 Å². The van der Waals surface area contributed by atoms with E-state index in [4.69, 9.17) is 9.47 Å². The molecule has 0 amide bonds. The van der Waals surface area contributed by atoms with Crippen LogP contribution >= 0.6 is 0 Å². The van der Waals surface area contributed by atoms with Gasteiger partial charge in [-0.3, -0.25) is 4.79 Å². The molecule has 2 unspecified atom stereocenters. The minimum atomic E-state index is -1.24. The lowest BCUT2D eigenvalue weighted by molar-refractivity contribution is 0.210. The first-order chi connectivity index (χ1) is 15.9. The number of ether oxygens (including phenoxy) is 2. The molecule has 8 heteroatoms. The number of benzene rings is 2. The van der Waals surface area contributed by atoms with Gasteiger partial charge in [0.15, 0.2) is 5.75 Å². The average Bonchev–Trinajstić information content (AvgIpc) is 3.29. The summed E-state index contributed by atoms with van der Waals surface area (Å²) in [5.74, 6) is 0.757. The number of hydrogen-bond donors (Lipinski definition) is 1. The Labute approximate surface area is 191 Å². The lowest BCUT2D eigenvalue weighted by atomic mass is 10.0. The summed E-state index contributed by atoms with van der Waals surface area (Å²) in [5, 5.41) is 15.5. The molecule has 0 fully saturated rings. The monoisotopic (exact) mass is 446 g/mol. The molecule has 4 rings (SSSR count). The zero-order chi connectivity index (χ0) is 23.5. The maximum atomic E-state index is 13.4. The molecule has 0 bridgehead atoms. The molecule has 0 saturated heterocycles. The van der Waals surface area contributed by atoms with Crippen molar-refractivity contribution in [1.82, 2.24) is 19.3 Å². The Hall–Kier alpha value is -3.91. The van der Waals surface area contributed by atoms with Crippen LogP contribution in [0.4, 0.5) is 0 Å². The van der Waals surface area contributed by atoms with Crippen LogP contribution in [0.15, 0.2) is 72.0 Å². The Balaban J connectivity index is 1.77. The van der Waals surface area contributed by atoms with Crippen molar-refractivity contribution in [1.29, 1.82) is 0 Å². The molecule has 8 nitrogen and oxygen atoms in total. The van der Waals surface area contributed by atoms with Gasteiger partial charge in [0, 0.05) is 6.20 Å². The van der Waals surface area contributed by atoms with Gasteiger partial charge in [-0.15, -0.1) is 0 Å². The second-order valence-corrected chi connectivity index (χ2v) is 7.72. The van der Waals surface area contributed by atoms with E-state index in [1.807, 2.05) is 61.0 Å². The molecule has 170 valence electrons. The third-order valence-corrected chi connectivity index (χ3v) is 5.65. The minimum absolute atomic E-state index is 0.114. The average molecular weight is 447 g/mol. The van der Waals surface area contributed by atoms with E-state index in [1.165, 1.54) is 18.0 Å². The predicted octanol–water partition coefficient (Wildman–Crippen LogP) is 3.45. The van der Waals surface area contributed by atoms with Crippen molar-refractivity contribution in [2.75, 3.05) is 14.2 Å². The zero-order valence-electron chi connectivity index (χ0n) is 19.0. The molecule has 0 saturated carbocycles. The largest absolute Gasteiger partial charge is 0.495 e. The van der Waals surface area contributed by atoms with Crippen LogP contribution in [0.2, 0.25) is 0 Å². The summed E-state index contributed by atoms with van der Waals surface area (Å²) >= 11 is 0. The van der Waals surface area contributed by atoms with Crippen LogP contribution in [-0.2, 0) is 0 Å². The maximum Gasteiger partial charge on any atom is 0.277 e. The van der Waals surface area contributed by atoms with Crippen LogP contribution in [0.1, 0.15) is 41.5 Å². The lowest BCUT2D eigenvalue weighted by Gasteiger charge is -2.20. The van der Waals surface area contributed by atoms with Crippen LogP contribution in [0.5, 0.6) is 11.5 Å². The first kappa shape index (κ1) is 22.3. The fourth-order valence-corrected chi connectivity index (χ4v) is 3.83. The van der Waals surface area contributed by atoms with Gasteiger partial charge in [0.05, 0.1) is 49.7 Å². The van der Waals surface area contributed by atoms with Crippen LogP contribution in [0.25, 0.3) is 5.69 Å². The fourth-order valence-electron chi connectivity index (χ4n) is 3.83. The van der Waals surface area contributed by atoms with Gasteiger partial charge >= 0.3 is 0 Å². The summed E-state index contributed by atoms with van der Waals surface area (Å²) in [6.07, 6.45) is 3.79. The van der Waals surface area contributed by atoms with Crippen LogP contribution in [0, 0.1) is 6.92 Å². The van der Waals surface area contributed by atoms with Gasteiger partial charge in [0.2, 0.25) is 0 Å². The van der Waals surface area contributed by atoms with Gasteiger partial charge in [-0.25, -0.2) is 9.67 Å². The number of rotatable bonds is 7. The van der Waals surface area contributed by atoms with Crippen molar-refractivity contribution in [2.24, 2.45) is 0 Å². The first-order valence-corrected chi connectivity index (χ1v) is 10.5. The third-order valence-electron chi connectivity index (χ3n) is 5.65. The van der Waals surface area contributed by atoms with E-state index in [1.54, 1.807) is 25.6 Å². The van der Waals surface area contributed by atoms with Gasteiger partial charge < -0.3 is 19.1 Å². The van der Waals surface area contributed by atoms with Gasteiger partial charge in [0.25, 0.3) is 5.56 Å². The SMILES string of the molecule is COc1cc(C(O)c2c(OC)cnn(C(C)c3ccccc3)c2=O)ccc1-n1cnc(C)c1. The topological polar surface area (TPSA) is 91.4 Å². The van der Waals surface area contributed by atoms with Crippen LogP contribution < -0.4 is 15.0 Å². The summed E-state index contributed by atoms with van der Waals surface area (Å²) in [5.41, 5.74) is 2.75. The number of aliphatic hydroxyl groups excluding tert-OH is 1. The summed E-state index contributed by atoms with van der Waals surface area (Å²) in [4.78, 5) is 17.7. The Morgan fingerprint density at radius 2 is 1.73 bits per heavy atom. The summed E-state index contributed by atoms with van der Waals surface area (Å²) in [7, 11) is 3.00. The van der Waals surface area contributed by atoms with Gasteiger partial charge in [-0.1, -0.05) is 36.4 Å². The van der Waals surface area contributed by atoms with Gasteiger partial charge in [-0.05, 0) is 37.1 Å². The molecular formula is C25H26N4O4. The van der Waals surface area contributed by atoms with Crippen molar-refractivity contribution in [3.05, 3.63) is 100.0 Å². The van der Waals surface area contributed by atoms with Crippen molar-refractivity contribution >= 4 is 0 Å². The fraction of sp³-hybridized carbons (Fsp3) is 0.240. The summed E-state index contributed by atoms with van der Waals surface area (Å²) in [6.45, 7) is 3.79. The predicted molar refractivity (Wildman–Crippen MR) is 124 cm³/mol. The third kappa shape index (κ3) is 4.25.